The van der Waals surface area contributed by atoms with E-state index < -0.39 is 35.5 Å². The molecule has 1 saturated heterocycles. The van der Waals surface area contributed by atoms with Gasteiger partial charge in [-0.15, -0.1) is 16.0 Å². The average Bonchev–Trinajstić information content (AvgIpc) is 3.75. The third-order valence-corrected chi connectivity index (χ3v) is 8.52. The molecule has 0 radical (unpaired) electrons. The fourth-order valence-electron chi connectivity index (χ4n) is 4.91. The van der Waals surface area contributed by atoms with Crippen LogP contribution < -0.4 is 10.3 Å². The van der Waals surface area contributed by atoms with Crippen LogP contribution in [0.25, 0.3) is 11.3 Å². The van der Waals surface area contributed by atoms with Gasteiger partial charge in [0.05, 0.1) is 22.3 Å². The third kappa shape index (κ3) is 6.01. The first-order valence-electron chi connectivity index (χ1n) is 13.4. The van der Waals surface area contributed by atoms with Crippen molar-refractivity contribution in [3.05, 3.63) is 88.3 Å². The Balaban J connectivity index is 1.41. The van der Waals surface area contributed by atoms with Crippen LogP contribution in [-0.2, 0) is 16.9 Å². The molecular weight excluding hydrogens is 564 g/mol. The van der Waals surface area contributed by atoms with Gasteiger partial charge in [-0.2, -0.15) is 9.83 Å². The fourth-order valence-corrected chi connectivity index (χ4v) is 5.89. The van der Waals surface area contributed by atoms with Gasteiger partial charge in [0.15, 0.2) is 0 Å². The summed E-state index contributed by atoms with van der Waals surface area (Å²) in [7, 11) is 0. The second kappa shape index (κ2) is 11.9. The number of thiazole rings is 1. The number of nitriles is 1. The molecule has 0 spiro atoms. The topological polar surface area (TPSA) is 134 Å². The number of likely N-dealkylation sites (tertiary alicyclic amines) is 1. The van der Waals surface area contributed by atoms with Crippen molar-refractivity contribution in [1.29, 1.82) is 5.26 Å². The zero-order chi connectivity index (χ0) is 30.0. The number of rotatable bonds is 8. The van der Waals surface area contributed by atoms with Gasteiger partial charge in [-0.3, -0.25) is 0 Å². The summed E-state index contributed by atoms with van der Waals surface area (Å²) < 4.78 is 38.0. The number of aromatic nitrogens is 4. The summed E-state index contributed by atoms with van der Waals surface area (Å²) in [4.78, 5) is 18.7. The maximum Gasteiger partial charge on any atom is 0.412 e. The number of halogens is 2. The molecule has 3 heterocycles. The first-order valence-corrected chi connectivity index (χ1v) is 14.2. The monoisotopic (exact) mass is 594 g/mol. The Morgan fingerprint density at radius 2 is 2.07 bits per heavy atom. The summed E-state index contributed by atoms with van der Waals surface area (Å²) in [5, 5.41) is 27.8. The Morgan fingerprint density at radius 1 is 1.31 bits per heavy atom. The summed E-state index contributed by atoms with van der Waals surface area (Å²) in [6.45, 7) is 4.04. The summed E-state index contributed by atoms with van der Waals surface area (Å²) in [6, 6.07) is 11.8. The van der Waals surface area contributed by atoms with Gasteiger partial charge in [-0.1, -0.05) is 19.1 Å². The second-order valence-electron chi connectivity index (χ2n) is 10.4. The summed E-state index contributed by atoms with van der Waals surface area (Å²) >= 11 is 1.28. The number of nitrogens with zero attached hydrogens (tertiary/aromatic N) is 6. The van der Waals surface area contributed by atoms with Crippen molar-refractivity contribution in [1.82, 2.24) is 19.7 Å². The molecule has 2 aromatic carbocycles. The molecule has 1 fully saturated rings. The quantitative estimate of drug-likeness (QED) is 0.296. The van der Waals surface area contributed by atoms with Crippen molar-refractivity contribution in [2.24, 2.45) is 5.73 Å². The lowest BCUT2D eigenvalue weighted by Crippen LogP contribution is -2.42. The van der Waals surface area contributed by atoms with Crippen LogP contribution in [0, 0.1) is 23.0 Å². The number of nitrogens with two attached hydrogens (primary N) is 1. The predicted molar refractivity (Wildman–Crippen MR) is 149 cm³/mol. The molecule has 218 valence electrons. The second-order valence-corrected chi connectivity index (χ2v) is 11.3. The Kier molecular flexibility index (Phi) is 8.31. The predicted octanol–water partition coefficient (Wildman–Crippen LogP) is 3.82. The Bertz CT molecular complexity index is 1620. The van der Waals surface area contributed by atoms with Crippen LogP contribution >= 0.6 is 11.3 Å². The molecule has 13 heteroatoms. The Hall–Kier alpha value is -4.25. The maximum atomic E-state index is 15.2. The maximum absolute atomic E-state index is 15.2. The van der Waals surface area contributed by atoms with Gasteiger partial charge in [0.2, 0.25) is 12.6 Å². The van der Waals surface area contributed by atoms with E-state index in [9.17, 15) is 14.3 Å². The van der Waals surface area contributed by atoms with E-state index in [1.54, 1.807) is 48.4 Å². The Labute approximate surface area is 245 Å². The largest absolute Gasteiger partial charge is 0.412 e. The van der Waals surface area contributed by atoms with Gasteiger partial charge in [-0.05, 0) is 36.8 Å². The van der Waals surface area contributed by atoms with Crippen molar-refractivity contribution in [2.75, 3.05) is 13.1 Å². The van der Waals surface area contributed by atoms with Crippen molar-refractivity contribution in [3.63, 3.8) is 0 Å². The average molecular weight is 595 g/mol. The van der Waals surface area contributed by atoms with Gasteiger partial charge < -0.3 is 20.5 Å². The van der Waals surface area contributed by atoms with Gasteiger partial charge in [0, 0.05) is 53.6 Å². The number of ether oxygens (including phenoxy) is 1. The summed E-state index contributed by atoms with van der Waals surface area (Å²) in [6.07, 6.45) is 2.42. The van der Waals surface area contributed by atoms with Crippen LogP contribution in [0.15, 0.2) is 60.5 Å². The third-order valence-electron chi connectivity index (χ3n) is 7.49. The number of amides is 1. The lowest BCUT2D eigenvalue weighted by Gasteiger charge is -2.32. The van der Waals surface area contributed by atoms with E-state index in [1.807, 2.05) is 0 Å². The van der Waals surface area contributed by atoms with Gasteiger partial charge in [0.25, 0.3) is 6.33 Å². The van der Waals surface area contributed by atoms with Gasteiger partial charge in [0.1, 0.15) is 23.8 Å². The molecule has 42 heavy (non-hydrogen) atoms. The lowest BCUT2D eigenvalue weighted by atomic mass is 9.82. The molecule has 1 amide bonds. The molecule has 4 unspecified atom stereocenters. The highest BCUT2D eigenvalue weighted by molar-refractivity contribution is 7.10. The van der Waals surface area contributed by atoms with Gasteiger partial charge in [-0.25, -0.2) is 18.6 Å². The molecule has 5 rings (SSSR count). The Morgan fingerprint density at radius 3 is 2.76 bits per heavy atom. The number of carbonyl (C=O) groups is 1. The first kappa shape index (κ1) is 29.2. The molecule has 10 nitrogen and oxygen atoms in total. The number of benzene rings is 2. The fraction of sp³-hybridized carbons (Fsp3) is 0.345. The number of aliphatic hydroxyl groups is 1. The van der Waals surface area contributed by atoms with Crippen molar-refractivity contribution in [3.8, 4) is 17.3 Å². The number of hydrogen-bond donors (Lipinski definition) is 2. The minimum Gasteiger partial charge on any atom is -0.412 e. The molecule has 1 aliphatic rings. The van der Waals surface area contributed by atoms with E-state index in [0.717, 1.165) is 23.8 Å². The van der Waals surface area contributed by atoms with Crippen molar-refractivity contribution >= 4 is 17.4 Å². The normalized spacial score (nSPS) is 17.8. The lowest BCUT2D eigenvalue weighted by molar-refractivity contribution is -0.753. The molecule has 0 saturated carbocycles. The molecular formula is C29H30F2N7O3S+. The number of carbonyl (C=O) groups excluding carboxylic acids is 1. The van der Waals surface area contributed by atoms with E-state index >= 15 is 4.39 Å². The van der Waals surface area contributed by atoms with Crippen LogP contribution in [-0.4, -0.2) is 50.0 Å². The number of hydrogen-bond acceptors (Lipinski definition) is 8. The zero-order valence-electron chi connectivity index (χ0n) is 23.0. The smallest absolute Gasteiger partial charge is 0.412 e. The molecule has 0 aliphatic carbocycles. The van der Waals surface area contributed by atoms with Crippen LogP contribution in [0.4, 0.5) is 13.6 Å². The van der Waals surface area contributed by atoms with E-state index in [0.29, 0.717) is 35.8 Å². The molecule has 4 atom stereocenters. The minimum atomic E-state index is -1.97. The van der Waals surface area contributed by atoms with E-state index in [2.05, 4.69) is 16.2 Å². The standard InChI is InChI=1S/C29H30F2N7O3S/c1-18(27-35-26(14-42-27)21-5-3-20(12-32)4-6-21)29(40,24-11-22(30)7-8-25(24)31)15-38-17-37(16-34-38)19(2)41-28(39)36-10-9-23(33)13-36/h3-8,11,14,16-19,23,40H,9-10,13,15,33H2,1-2H3/q+1. The van der Waals surface area contributed by atoms with Crippen LogP contribution in [0.2, 0.25) is 0 Å². The van der Waals surface area contributed by atoms with Crippen LogP contribution in [0.3, 0.4) is 0 Å². The highest BCUT2D eigenvalue weighted by Gasteiger charge is 2.43. The van der Waals surface area contributed by atoms with E-state index in [4.69, 9.17) is 15.7 Å². The van der Waals surface area contributed by atoms with Crippen LogP contribution in [0.5, 0.6) is 0 Å². The first-order chi connectivity index (χ1) is 20.1. The highest BCUT2D eigenvalue weighted by atomic mass is 32.1. The molecule has 2 aromatic heterocycles. The molecule has 3 N–H and O–H groups in total. The van der Waals surface area contributed by atoms with E-state index in [-0.39, 0.29) is 18.2 Å². The van der Waals surface area contributed by atoms with Crippen molar-refractivity contribution < 1.29 is 28.0 Å². The highest BCUT2D eigenvalue weighted by Crippen LogP contribution is 2.41. The van der Waals surface area contributed by atoms with Gasteiger partial charge >= 0.3 is 6.09 Å². The molecule has 0 bridgehead atoms. The summed E-state index contributed by atoms with van der Waals surface area (Å²) in [5.74, 6) is -2.27. The zero-order valence-corrected chi connectivity index (χ0v) is 23.8. The summed E-state index contributed by atoms with van der Waals surface area (Å²) in [5.41, 5.74) is 5.59. The SMILES string of the molecule is CC(OC(=O)N1CCC(N)C1)[n+]1cnn(CC(O)(c2cc(F)ccc2F)C(C)c2nc(-c3ccc(C#N)cc3)cs2)c1. The van der Waals surface area contributed by atoms with Crippen LogP contribution in [0.1, 0.15) is 48.5 Å². The van der Waals surface area contributed by atoms with E-state index in [1.165, 1.54) is 33.2 Å². The molecule has 1 aliphatic heterocycles. The molecule has 4 aromatic rings. The minimum absolute atomic E-state index is 0.0795. The van der Waals surface area contributed by atoms with Crippen molar-refractivity contribution in [2.45, 2.75) is 50.6 Å².